The van der Waals surface area contributed by atoms with Gasteiger partial charge in [0.15, 0.2) is 5.78 Å². The van der Waals surface area contributed by atoms with Crippen LogP contribution in [0.15, 0.2) is 95.6 Å². The van der Waals surface area contributed by atoms with E-state index in [-0.39, 0.29) is 12.4 Å². The summed E-state index contributed by atoms with van der Waals surface area (Å²) in [6, 6.07) is 16.6. The predicted molar refractivity (Wildman–Crippen MR) is 125 cm³/mol. The Labute approximate surface area is 178 Å². The number of nitrogens with zero attached hydrogens (tertiary/aromatic N) is 1. The topological polar surface area (TPSA) is 49.7 Å². The standard InChI is InChI=1S/C27H27NO2/c1-19(21(3)30)26-8-4-5-9-27(26)28-20(2)23-14-16-25(17-15-23)24-12-10-22(11-13-24)7-6-18-29/h4-5,8-17,29H,2,6-7,18H2,1,3H3/b26-19+,28-27?. The number of ketones is 1. The third-order valence-corrected chi connectivity index (χ3v) is 5.22. The van der Waals surface area contributed by atoms with Gasteiger partial charge in [-0.1, -0.05) is 73.3 Å². The zero-order chi connectivity index (χ0) is 21.5. The summed E-state index contributed by atoms with van der Waals surface area (Å²) < 4.78 is 0. The fourth-order valence-corrected chi connectivity index (χ4v) is 3.29. The van der Waals surface area contributed by atoms with Crippen molar-refractivity contribution in [3.63, 3.8) is 0 Å². The van der Waals surface area contributed by atoms with Crippen LogP contribution in [0.2, 0.25) is 0 Å². The van der Waals surface area contributed by atoms with Gasteiger partial charge < -0.3 is 5.11 Å². The van der Waals surface area contributed by atoms with E-state index in [9.17, 15) is 4.79 Å². The van der Waals surface area contributed by atoms with Crippen LogP contribution in [0.25, 0.3) is 16.8 Å². The molecule has 3 rings (SSSR count). The summed E-state index contributed by atoms with van der Waals surface area (Å²) >= 11 is 0. The summed E-state index contributed by atoms with van der Waals surface area (Å²) in [7, 11) is 0. The number of carbonyl (C=O) groups is 1. The lowest BCUT2D eigenvalue weighted by atomic mass is 9.97. The summed E-state index contributed by atoms with van der Waals surface area (Å²) in [5.74, 6) is 0.0370. The number of carbonyl (C=O) groups excluding carboxylic acids is 1. The van der Waals surface area contributed by atoms with Gasteiger partial charge in [-0.3, -0.25) is 4.79 Å². The highest BCUT2D eigenvalue weighted by atomic mass is 16.2. The first-order chi connectivity index (χ1) is 14.5. The zero-order valence-corrected chi connectivity index (χ0v) is 17.6. The largest absolute Gasteiger partial charge is 0.396 e. The van der Waals surface area contributed by atoms with Crippen LogP contribution >= 0.6 is 0 Å². The smallest absolute Gasteiger partial charge is 0.156 e. The van der Waals surface area contributed by atoms with Gasteiger partial charge in [-0.2, -0.15) is 0 Å². The van der Waals surface area contributed by atoms with E-state index in [0.29, 0.717) is 11.3 Å². The van der Waals surface area contributed by atoms with E-state index >= 15 is 0 Å². The molecular formula is C27H27NO2. The fourth-order valence-electron chi connectivity index (χ4n) is 3.29. The lowest BCUT2D eigenvalue weighted by molar-refractivity contribution is -0.113. The number of allylic oxidation sites excluding steroid dienone is 6. The number of rotatable bonds is 7. The number of aliphatic hydroxyl groups is 1. The van der Waals surface area contributed by atoms with Crippen LogP contribution in [0.3, 0.4) is 0 Å². The number of benzene rings is 2. The van der Waals surface area contributed by atoms with Gasteiger partial charge in [0, 0.05) is 17.8 Å². The second-order valence-electron chi connectivity index (χ2n) is 7.36. The predicted octanol–water partition coefficient (Wildman–Crippen LogP) is 5.72. The molecule has 0 fully saturated rings. The third-order valence-electron chi connectivity index (χ3n) is 5.22. The molecule has 0 bridgehead atoms. The van der Waals surface area contributed by atoms with Gasteiger partial charge in [-0.05, 0) is 55.0 Å². The minimum Gasteiger partial charge on any atom is -0.396 e. The summed E-state index contributed by atoms with van der Waals surface area (Å²) in [6.07, 6.45) is 9.31. The number of Topliss-reactive ketones (excluding diaryl/α,β-unsaturated/α-hetero) is 1. The SMILES string of the molecule is C=C(N=C1C=CC=C/C1=C(/C)C(C)=O)c1ccc(-c2ccc(CCCO)cc2)cc1. The zero-order valence-electron chi connectivity index (χ0n) is 17.6. The van der Waals surface area contributed by atoms with Gasteiger partial charge in [0.2, 0.25) is 0 Å². The lowest BCUT2D eigenvalue weighted by Gasteiger charge is -2.11. The summed E-state index contributed by atoms with van der Waals surface area (Å²) in [6.45, 7) is 7.74. The maximum atomic E-state index is 11.8. The Bertz CT molecular complexity index is 1050. The van der Waals surface area contributed by atoms with Crippen molar-refractivity contribution in [3.8, 4) is 11.1 Å². The molecule has 0 amide bonds. The Hall–Kier alpha value is -3.30. The quantitative estimate of drug-likeness (QED) is 0.607. The molecule has 152 valence electrons. The van der Waals surface area contributed by atoms with Crippen LogP contribution < -0.4 is 0 Å². The van der Waals surface area contributed by atoms with Crippen molar-refractivity contribution < 1.29 is 9.90 Å². The van der Waals surface area contributed by atoms with Crippen LogP contribution in [0.1, 0.15) is 31.4 Å². The number of aliphatic hydroxyl groups excluding tert-OH is 1. The Morgan fingerprint density at radius 2 is 1.53 bits per heavy atom. The van der Waals surface area contributed by atoms with Crippen molar-refractivity contribution in [1.82, 2.24) is 0 Å². The number of hydrogen-bond acceptors (Lipinski definition) is 3. The summed E-state index contributed by atoms with van der Waals surface area (Å²) in [4.78, 5) is 16.5. The maximum Gasteiger partial charge on any atom is 0.156 e. The van der Waals surface area contributed by atoms with Gasteiger partial charge >= 0.3 is 0 Å². The maximum absolute atomic E-state index is 11.8. The number of aliphatic imine (C=N–C) groups is 1. The third kappa shape index (κ3) is 5.19. The van der Waals surface area contributed by atoms with E-state index in [1.54, 1.807) is 6.92 Å². The van der Waals surface area contributed by atoms with E-state index in [2.05, 4.69) is 48.0 Å². The monoisotopic (exact) mass is 397 g/mol. The van der Waals surface area contributed by atoms with E-state index in [4.69, 9.17) is 5.11 Å². The highest BCUT2D eigenvalue weighted by molar-refractivity contribution is 6.17. The molecule has 0 aliphatic heterocycles. The molecule has 2 aromatic rings. The second kappa shape index (κ2) is 9.95. The minimum absolute atomic E-state index is 0.0370. The second-order valence-corrected chi connectivity index (χ2v) is 7.36. The molecule has 0 aromatic heterocycles. The van der Waals surface area contributed by atoms with E-state index < -0.39 is 0 Å². The van der Waals surface area contributed by atoms with Gasteiger partial charge in [-0.25, -0.2) is 4.99 Å². The molecule has 1 aliphatic carbocycles. The van der Waals surface area contributed by atoms with Gasteiger partial charge in [0.05, 0.1) is 11.4 Å². The van der Waals surface area contributed by atoms with Gasteiger partial charge in [0.1, 0.15) is 0 Å². The molecule has 0 atom stereocenters. The van der Waals surface area contributed by atoms with Crippen LogP contribution in [-0.4, -0.2) is 23.2 Å². The lowest BCUT2D eigenvalue weighted by Crippen LogP contribution is -2.07. The molecule has 30 heavy (non-hydrogen) atoms. The highest BCUT2D eigenvalue weighted by Crippen LogP contribution is 2.25. The van der Waals surface area contributed by atoms with Crippen LogP contribution in [-0.2, 0) is 11.2 Å². The molecule has 2 aromatic carbocycles. The average Bonchev–Trinajstić information content (AvgIpc) is 2.78. The Morgan fingerprint density at radius 1 is 0.933 bits per heavy atom. The van der Waals surface area contributed by atoms with E-state index in [1.165, 1.54) is 5.56 Å². The molecule has 0 spiro atoms. The Balaban J connectivity index is 1.79. The molecule has 3 nitrogen and oxygen atoms in total. The van der Waals surface area contributed by atoms with Crippen molar-refractivity contribution in [2.75, 3.05) is 6.61 Å². The molecule has 0 radical (unpaired) electrons. The van der Waals surface area contributed by atoms with Gasteiger partial charge in [-0.15, -0.1) is 0 Å². The van der Waals surface area contributed by atoms with Crippen LogP contribution in [0.4, 0.5) is 0 Å². The number of hydrogen-bond donors (Lipinski definition) is 1. The molecule has 1 N–H and O–H groups in total. The van der Waals surface area contributed by atoms with Crippen molar-refractivity contribution in [3.05, 3.63) is 102 Å². The van der Waals surface area contributed by atoms with Crippen LogP contribution in [0.5, 0.6) is 0 Å². The molecule has 0 saturated carbocycles. The normalized spacial score (nSPS) is 16.0. The molecule has 3 heteroatoms. The van der Waals surface area contributed by atoms with Crippen molar-refractivity contribution in [2.45, 2.75) is 26.7 Å². The van der Waals surface area contributed by atoms with Crippen molar-refractivity contribution in [2.24, 2.45) is 4.99 Å². The Kier molecular flexibility index (Phi) is 7.10. The number of aryl methyl sites for hydroxylation is 1. The summed E-state index contributed by atoms with van der Waals surface area (Å²) in [5.41, 5.74) is 7.38. The average molecular weight is 398 g/mol. The van der Waals surface area contributed by atoms with Crippen molar-refractivity contribution in [1.29, 1.82) is 0 Å². The molecule has 0 saturated heterocycles. The van der Waals surface area contributed by atoms with Crippen molar-refractivity contribution >= 4 is 17.2 Å². The first-order valence-corrected chi connectivity index (χ1v) is 10.1. The molecule has 0 unspecified atom stereocenters. The molecule has 1 aliphatic rings. The fraction of sp³-hybridized carbons (Fsp3) is 0.185. The van der Waals surface area contributed by atoms with Gasteiger partial charge in [0.25, 0.3) is 0 Å². The highest BCUT2D eigenvalue weighted by Gasteiger charge is 2.12. The van der Waals surface area contributed by atoms with E-state index in [1.807, 2.05) is 43.4 Å². The molecule has 0 heterocycles. The van der Waals surface area contributed by atoms with Crippen LogP contribution in [0, 0.1) is 0 Å². The Morgan fingerprint density at radius 3 is 2.13 bits per heavy atom. The molecular weight excluding hydrogens is 370 g/mol. The first-order valence-electron chi connectivity index (χ1n) is 10.1. The first kappa shape index (κ1) is 21.4. The minimum atomic E-state index is 0.0370. The summed E-state index contributed by atoms with van der Waals surface area (Å²) in [5, 5.41) is 8.96. The van der Waals surface area contributed by atoms with E-state index in [0.717, 1.165) is 40.8 Å².